The number of nitrogens with zero attached hydrogens (tertiary/aromatic N) is 2. The Morgan fingerprint density at radius 2 is 0.945 bits per heavy atom. The topological polar surface area (TPSA) is 9.86 Å². The lowest BCUT2D eigenvalue weighted by Gasteiger charge is -2.12. The molecule has 0 spiro atoms. The summed E-state index contributed by atoms with van der Waals surface area (Å²) in [7, 11) is 0. The predicted octanol–water partition coefficient (Wildman–Crippen LogP) is 14.7. The first-order valence-corrected chi connectivity index (χ1v) is 19.7. The Kier molecular flexibility index (Phi) is 6.54. The van der Waals surface area contributed by atoms with Crippen molar-refractivity contribution < 1.29 is 0 Å². The second kappa shape index (κ2) is 11.8. The Morgan fingerprint density at radius 1 is 0.327 bits per heavy atom. The minimum atomic E-state index is 1.16. The maximum absolute atomic E-state index is 2.52. The summed E-state index contributed by atoms with van der Waals surface area (Å²) < 4.78 is 7.54. The van der Waals surface area contributed by atoms with Gasteiger partial charge in [0.05, 0.1) is 22.1 Å². The van der Waals surface area contributed by atoms with Gasteiger partial charge in [-0.1, -0.05) is 133 Å². The van der Waals surface area contributed by atoms with Crippen molar-refractivity contribution in [1.82, 2.24) is 9.13 Å². The molecule has 2 nitrogen and oxygen atoms in total. The highest BCUT2D eigenvalue weighted by atomic mass is 32.1. The summed E-state index contributed by atoms with van der Waals surface area (Å²) in [6.07, 6.45) is 0. The number of aromatic nitrogens is 2. The number of thiophene rings is 1. The van der Waals surface area contributed by atoms with Crippen LogP contribution in [0.1, 0.15) is 0 Å². The lowest BCUT2D eigenvalue weighted by Crippen LogP contribution is -1.95. The van der Waals surface area contributed by atoms with E-state index in [9.17, 15) is 0 Å². The van der Waals surface area contributed by atoms with Crippen LogP contribution >= 0.6 is 11.3 Å². The highest BCUT2D eigenvalue weighted by Crippen LogP contribution is 2.48. The van der Waals surface area contributed by atoms with E-state index in [4.69, 9.17) is 0 Å². The average molecular weight is 717 g/mol. The number of para-hydroxylation sites is 2. The minimum absolute atomic E-state index is 1.16. The fraction of sp³-hybridized carbons (Fsp3) is 0. The molecule has 0 N–H and O–H groups in total. The fourth-order valence-electron chi connectivity index (χ4n) is 9.03. The molecule has 256 valence electrons. The second-order valence-electron chi connectivity index (χ2n) is 14.5. The summed E-state index contributed by atoms with van der Waals surface area (Å²) in [6.45, 7) is 0. The summed E-state index contributed by atoms with van der Waals surface area (Å²) in [5, 5.41) is 10.2. The van der Waals surface area contributed by atoms with E-state index in [1.807, 2.05) is 11.3 Å². The number of rotatable bonds is 4. The second-order valence-corrected chi connectivity index (χ2v) is 15.6. The molecule has 0 saturated carbocycles. The lowest BCUT2D eigenvalue weighted by atomic mass is 9.96. The van der Waals surface area contributed by atoms with Gasteiger partial charge in [0.1, 0.15) is 0 Å². The van der Waals surface area contributed by atoms with Crippen LogP contribution in [0.4, 0.5) is 0 Å². The number of hydrogen-bond donors (Lipinski definition) is 0. The molecule has 3 heterocycles. The molecule has 3 aromatic heterocycles. The third-order valence-electron chi connectivity index (χ3n) is 11.5. The third-order valence-corrected chi connectivity index (χ3v) is 12.6. The van der Waals surface area contributed by atoms with E-state index in [-0.39, 0.29) is 0 Å². The quantitative estimate of drug-likeness (QED) is 0.172. The molecule has 0 atom stereocenters. The minimum Gasteiger partial charge on any atom is -0.309 e. The number of hydrogen-bond acceptors (Lipinski definition) is 1. The SMILES string of the molecule is c1ccc(-c2ccc(-n3c4ccccc4c4cc(-c5cc6sc7ccccc7c6c6c5c5ccccc5n6-c5ccc6ccccc6c5)ccc43)cc2)cc1. The molecular formula is C52H32N2S. The van der Waals surface area contributed by atoms with Crippen LogP contribution in [0, 0.1) is 0 Å². The summed E-state index contributed by atoms with van der Waals surface area (Å²) in [6, 6.07) is 71.4. The van der Waals surface area contributed by atoms with E-state index < -0.39 is 0 Å². The van der Waals surface area contributed by atoms with Crippen molar-refractivity contribution in [1.29, 1.82) is 0 Å². The van der Waals surface area contributed by atoms with Crippen LogP contribution in [0.2, 0.25) is 0 Å². The molecule has 9 aromatic carbocycles. The van der Waals surface area contributed by atoms with Crippen LogP contribution in [0.3, 0.4) is 0 Å². The summed E-state index contributed by atoms with van der Waals surface area (Å²) in [5.41, 5.74) is 12.2. The zero-order valence-corrected chi connectivity index (χ0v) is 30.6. The standard InChI is InChI=1S/C52H32N2S/c1-2-12-33(13-3-1)35-22-26-38(27-23-35)53-45-19-9-6-16-40(45)44-31-37(25-29-47(44)53)43-32-49-51(42-18-8-11-21-48(42)55-49)52-50(43)41-17-7-10-20-46(41)54(52)39-28-24-34-14-4-5-15-36(34)30-39/h1-32H. The maximum Gasteiger partial charge on any atom is 0.0640 e. The first kappa shape index (κ1) is 30.5. The smallest absolute Gasteiger partial charge is 0.0640 e. The molecular weight excluding hydrogens is 685 g/mol. The molecule has 0 bridgehead atoms. The Labute approximate surface area is 321 Å². The van der Waals surface area contributed by atoms with E-state index in [2.05, 4.69) is 203 Å². The Balaban J connectivity index is 1.15. The van der Waals surface area contributed by atoms with Gasteiger partial charge in [-0.25, -0.2) is 0 Å². The van der Waals surface area contributed by atoms with E-state index in [1.165, 1.54) is 102 Å². The average Bonchev–Trinajstić information content (AvgIpc) is 3.91. The Morgan fingerprint density at radius 3 is 1.78 bits per heavy atom. The van der Waals surface area contributed by atoms with Gasteiger partial charge in [0.25, 0.3) is 0 Å². The van der Waals surface area contributed by atoms with Crippen LogP contribution in [-0.2, 0) is 0 Å². The largest absolute Gasteiger partial charge is 0.309 e. The van der Waals surface area contributed by atoms with Crippen molar-refractivity contribution in [3.8, 4) is 33.6 Å². The van der Waals surface area contributed by atoms with Crippen molar-refractivity contribution in [2.24, 2.45) is 0 Å². The number of fused-ring (bicyclic) bond motifs is 11. The Bertz CT molecular complexity index is 3470. The highest BCUT2D eigenvalue weighted by molar-refractivity contribution is 7.26. The first-order valence-electron chi connectivity index (χ1n) is 18.8. The molecule has 0 aliphatic rings. The first-order chi connectivity index (χ1) is 27.3. The molecule has 3 heteroatoms. The molecule has 0 aliphatic carbocycles. The van der Waals surface area contributed by atoms with E-state index in [0.29, 0.717) is 0 Å². The molecule has 0 fully saturated rings. The third kappa shape index (κ3) is 4.54. The predicted molar refractivity (Wildman–Crippen MR) is 236 cm³/mol. The molecule has 12 aromatic rings. The van der Waals surface area contributed by atoms with Crippen molar-refractivity contribution >= 4 is 85.9 Å². The summed E-state index contributed by atoms with van der Waals surface area (Å²) in [4.78, 5) is 0. The van der Waals surface area contributed by atoms with Gasteiger partial charge in [0.2, 0.25) is 0 Å². The van der Waals surface area contributed by atoms with Crippen LogP contribution < -0.4 is 0 Å². The van der Waals surface area contributed by atoms with Crippen LogP contribution in [-0.4, -0.2) is 9.13 Å². The van der Waals surface area contributed by atoms with Gasteiger partial charge in [-0.15, -0.1) is 11.3 Å². The molecule has 55 heavy (non-hydrogen) atoms. The molecule has 0 amide bonds. The summed E-state index contributed by atoms with van der Waals surface area (Å²) in [5.74, 6) is 0. The summed E-state index contributed by atoms with van der Waals surface area (Å²) >= 11 is 1.89. The number of benzene rings is 9. The van der Waals surface area contributed by atoms with E-state index >= 15 is 0 Å². The van der Waals surface area contributed by atoms with Crippen molar-refractivity contribution in [2.45, 2.75) is 0 Å². The normalized spacial score (nSPS) is 12.0. The highest BCUT2D eigenvalue weighted by Gasteiger charge is 2.23. The van der Waals surface area contributed by atoms with Gasteiger partial charge in [0.15, 0.2) is 0 Å². The van der Waals surface area contributed by atoms with Gasteiger partial charge < -0.3 is 9.13 Å². The van der Waals surface area contributed by atoms with Crippen molar-refractivity contribution in [3.05, 3.63) is 194 Å². The van der Waals surface area contributed by atoms with E-state index in [0.717, 1.165) is 5.69 Å². The van der Waals surface area contributed by atoms with Gasteiger partial charge in [-0.05, 0) is 93.7 Å². The van der Waals surface area contributed by atoms with E-state index in [1.54, 1.807) is 0 Å². The van der Waals surface area contributed by atoms with Crippen LogP contribution in [0.25, 0.3) is 108 Å². The molecule has 0 saturated heterocycles. The van der Waals surface area contributed by atoms with Gasteiger partial charge >= 0.3 is 0 Å². The van der Waals surface area contributed by atoms with Crippen LogP contribution in [0.5, 0.6) is 0 Å². The van der Waals surface area contributed by atoms with Crippen molar-refractivity contribution in [3.63, 3.8) is 0 Å². The molecule has 0 unspecified atom stereocenters. The zero-order chi connectivity index (χ0) is 36.0. The fourth-order valence-corrected chi connectivity index (χ4v) is 10.2. The zero-order valence-electron chi connectivity index (χ0n) is 29.8. The monoisotopic (exact) mass is 716 g/mol. The molecule has 0 aliphatic heterocycles. The van der Waals surface area contributed by atoms with Gasteiger partial charge in [-0.2, -0.15) is 0 Å². The van der Waals surface area contributed by atoms with Gasteiger partial charge in [0, 0.05) is 53.1 Å². The van der Waals surface area contributed by atoms with Crippen molar-refractivity contribution in [2.75, 3.05) is 0 Å². The van der Waals surface area contributed by atoms with Crippen LogP contribution in [0.15, 0.2) is 194 Å². The molecule has 0 radical (unpaired) electrons. The Hall–Kier alpha value is -6.94. The lowest BCUT2D eigenvalue weighted by molar-refractivity contribution is 1.18. The maximum atomic E-state index is 2.52. The molecule has 12 rings (SSSR count). The van der Waals surface area contributed by atoms with Gasteiger partial charge in [-0.3, -0.25) is 0 Å².